The number of hydrogen-bond donors (Lipinski definition) is 1. The summed E-state index contributed by atoms with van der Waals surface area (Å²) < 4.78 is 70.7. The van der Waals surface area contributed by atoms with E-state index in [-0.39, 0.29) is 28.0 Å². The first-order valence-electron chi connectivity index (χ1n) is 6.82. The molecule has 2 aromatic rings. The van der Waals surface area contributed by atoms with Crippen LogP contribution in [0, 0.1) is 23.0 Å². The smallest absolute Gasteiger partial charge is 0.416 e. The Kier molecular flexibility index (Phi) is 5.82. The van der Waals surface area contributed by atoms with Crippen molar-refractivity contribution < 1.29 is 31.5 Å². The number of benzene rings is 2. The van der Waals surface area contributed by atoms with Crippen LogP contribution in [0.25, 0.3) is 0 Å². The molecule has 2 rings (SSSR count). The number of nitriles is 1. The van der Waals surface area contributed by atoms with Crippen LogP contribution in [0.2, 0.25) is 0 Å². The van der Waals surface area contributed by atoms with E-state index in [1.807, 2.05) is 0 Å². The monoisotopic (exact) mass is 434 g/mol. The molecule has 136 valence electrons. The third-order valence-electron chi connectivity index (χ3n) is 2.99. The number of carbonyl (C=O) groups is 1. The zero-order valence-corrected chi connectivity index (χ0v) is 14.2. The van der Waals surface area contributed by atoms with E-state index in [0.29, 0.717) is 0 Å². The molecule has 0 heterocycles. The maximum Gasteiger partial charge on any atom is 0.416 e. The number of ether oxygens (including phenoxy) is 1. The van der Waals surface area contributed by atoms with Gasteiger partial charge in [0.15, 0.2) is 17.4 Å². The van der Waals surface area contributed by atoms with Gasteiger partial charge in [-0.3, -0.25) is 4.79 Å². The van der Waals surface area contributed by atoms with E-state index in [0.717, 1.165) is 0 Å². The van der Waals surface area contributed by atoms with Gasteiger partial charge in [0, 0.05) is 11.8 Å². The van der Waals surface area contributed by atoms with Crippen molar-refractivity contribution >= 4 is 27.5 Å². The Labute approximate surface area is 152 Å². The summed E-state index contributed by atoms with van der Waals surface area (Å²) in [4.78, 5) is 11.4. The molecule has 0 aromatic heterocycles. The number of nitrogens with zero attached hydrogens (tertiary/aromatic N) is 1. The second-order valence-corrected chi connectivity index (χ2v) is 5.75. The summed E-state index contributed by atoms with van der Waals surface area (Å²) in [5, 5.41) is 10.8. The van der Waals surface area contributed by atoms with Crippen LogP contribution >= 0.6 is 15.9 Å². The molecule has 1 N–H and O–H groups in total. The van der Waals surface area contributed by atoms with Crippen molar-refractivity contribution in [2.75, 3.05) is 5.32 Å². The van der Waals surface area contributed by atoms with Crippen LogP contribution in [0.5, 0.6) is 11.5 Å². The molecule has 1 amide bonds. The molecule has 0 saturated heterocycles. The average Bonchev–Trinajstić information content (AvgIpc) is 2.52. The minimum Gasteiger partial charge on any atom is -0.450 e. The first-order chi connectivity index (χ1) is 12.1. The molecule has 10 heteroatoms. The molecular formula is C16H8BrF5N2O2. The van der Waals surface area contributed by atoms with Crippen molar-refractivity contribution in [2.45, 2.75) is 12.6 Å². The zero-order chi connectivity index (χ0) is 19.5. The van der Waals surface area contributed by atoms with E-state index in [2.05, 4.69) is 21.2 Å². The Morgan fingerprint density at radius 3 is 2.35 bits per heavy atom. The molecule has 0 aliphatic heterocycles. The SMILES string of the molecule is N#CCC(=O)Nc1ccc(Br)c(Oc2c(F)cc(C(F)(F)F)cc2F)c1. The molecule has 0 spiro atoms. The summed E-state index contributed by atoms with van der Waals surface area (Å²) in [6.45, 7) is 0. The second kappa shape index (κ2) is 7.70. The van der Waals surface area contributed by atoms with Crippen molar-refractivity contribution in [3.63, 3.8) is 0 Å². The fourth-order valence-corrected chi connectivity index (χ4v) is 2.19. The summed E-state index contributed by atoms with van der Waals surface area (Å²) in [5.74, 6) is -4.88. The van der Waals surface area contributed by atoms with Gasteiger partial charge in [0.1, 0.15) is 12.2 Å². The van der Waals surface area contributed by atoms with Crippen molar-refractivity contribution in [1.82, 2.24) is 0 Å². The summed E-state index contributed by atoms with van der Waals surface area (Å²) in [6, 6.07) is 5.87. The minimum atomic E-state index is -4.91. The maximum absolute atomic E-state index is 13.9. The normalized spacial score (nSPS) is 11.0. The molecule has 0 unspecified atom stereocenters. The molecule has 2 aromatic carbocycles. The topological polar surface area (TPSA) is 62.1 Å². The van der Waals surface area contributed by atoms with Crippen LogP contribution in [0.1, 0.15) is 12.0 Å². The molecule has 0 saturated carbocycles. The third-order valence-corrected chi connectivity index (χ3v) is 3.65. The number of hydrogen-bond acceptors (Lipinski definition) is 3. The molecule has 0 aliphatic carbocycles. The maximum atomic E-state index is 13.9. The molecule has 0 atom stereocenters. The van der Waals surface area contributed by atoms with E-state index in [4.69, 9.17) is 10.00 Å². The highest BCUT2D eigenvalue weighted by molar-refractivity contribution is 9.10. The van der Waals surface area contributed by atoms with Crippen LogP contribution in [0.3, 0.4) is 0 Å². The van der Waals surface area contributed by atoms with Crippen molar-refractivity contribution in [3.05, 3.63) is 52.0 Å². The highest BCUT2D eigenvalue weighted by Crippen LogP contribution is 2.38. The molecule has 0 fully saturated rings. The molecule has 26 heavy (non-hydrogen) atoms. The van der Waals surface area contributed by atoms with Gasteiger partial charge in [-0.25, -0.2) is 8.78 Å². The lowest BCUT2D eigenvalue weighted by Gasteiger charge is -2.13. The third kappa shape index (κ3) is 4.70. The lowest BCUT2D eigenvalue weighted by molar-refractivity contribution is -0.138. The van der Waals surface area contributed by atoms with E-state index in [1.165, 1.54) is 18.2 Å². The van der Waals surface area contributed by atoms with Crippen LogP contribution in [0.4, 0.5) is 27.6 Å². The summed E-state index contributed by atoms with van der Waals surface area (Å²) in [7, 11) is 0. The fourth-order valence-electron chi connectivity index (χ4n) is 1.87. The number of anilines is 1. The molecule has 0 bridgehead atoms. The highest BCUT2D eigenvalue weighted by atomic mass is 79.9. The number of carbonyl (C=O) groups excluding carboxylic acids is 1. The summed E-state index contributed by atoms with van der Waals surface area (Å²) in [5.41, 5.74) is -1.33. The Bertz CT molecular complexity index is 870. The lowest BCUT2D eigenvalue weighted by Crippen LogP contribution is -2.10. The fraction of sp³-hybridized carbons (Fsp3) is 0.125. The summed E-state index contributed by atoms with van der Waals surface area (Å²) in [6.07, 6.45) is -5.32. The van der Waals surface area contributed by atoms with Gasteiger partial charge in [-0.15, -0.1) is 0 Å². The standard InChI is InChI=1S/C16H8BrF5N2O2/c17-10-2-1-9(24-14(25)3-4-23)7-13(10)26-15-11(18)5-8(6-12(15)19)16(20,21)22/h1-2,5-7H,3H2,(H,24,25). The van der Waals surface area contributed by atoms with Crippen LogP contribution in [-0.4, -0.2) is 5.91 Å². The van der Waals surface area contributed by atoms with Crippen molar-refractivity contribution in [2.24, 2.45) is 0 Å². The minimum absolute atomic E-state index is 0.116. The average molecular weight is 435 g/mol. The number of nitrogens with one attached hydrogen (secondary N) is 1. The Morgan fingerprint density at radius 1 is 1.19 bits per heavy atom. The predicted molar refractivity (Wildman–Crippen MR) is 84.4 cm³/mol. The van der Waals surface area contributed by atoms with Crippen molar-refractivity contribution in [1.29, 1.82) is 5.26 Å². The molecule has 0 radical (unpaired) electrons. The molecular weight excluding hydrogens is 427 g/mol. The van der Waals surface area contributed by atoms with Gasteiger partial charge in [-0.2, -0.15) is 18.4 Å². The van der Waals surface area contributed by atoms with Crippen LogP contribution in [0.15, 0.2) is 34.8 Å². The highest BCUT2D eigenvalue weighted by Gasteiger charge is 2.33. The number of halogens is 6. The first-order valence-corrected chi connectivity index (χ1v) is 7.61. The van der Waals surface area contributed by atoms with Crippen molar-refractivity contribution in [3.8, 4) is 17.6 Å². The quantitative estimate of drug-likeness (QED) is 0.656. The first kappa shape index (κ1) is 19.7. The number of alkyl halides is 3. The van der Waals surface area contributed by atoms with Gasteiger partial charge >= 0.3 is 6.18 Å². The molecule has 4 nitrogen and oxygen atoms in total. The molecule has 0 aliphatic rings. The van der Waals surface area contributed by atoms with Gasteiger partial charge in [0.2, 0.25) is 5.91 Å². The van der Waals surface area contributed by atoms with E-state index in [1.54, 1.807) is 6.07 Å². The Balaban J connectivity index is 2.34. The van der Waals surface area contributed by atoms with E-state index >= 15 is 0 Å². The van der Waals surface area contributed by atoms with Crippen LogP contribution < -0.4 is 10.1 Å². The zero-order valence-electron chi connectivity index (χ0n) is 12.6. The summed E-state index contributed by atoms with van der Waals surface area (Å²) >= 11 is 3.07. The van der Waals surface area contributed by atoms with Gasteiger partial charge in [-0.1, -0.05) is 0 Å². The van der Waals surface area contributed by atoms with Gasteiger partial charge in [-0.05, 0) is 40.2 Å². The van der Waals surface area contributed by atoms with Gasteiger partial charge < -0.3 is 10.1 Å². The van der Waals surface area contributed by atoms with Gasteiger partial charge in [0.05, 0.1) is 16.1 Å². The van der Waals surface area contributed by atoms with Crippen LogP contribution in [-0.2, 0) is 11.0 Å². The predicted octanol–water partition coefficient (Wildman–Crippen LogP) is 5.39. The lowest BCUT2D eigenvalue weighted by atomic mass is 10.2. The number of rotatable bonds is 4. The Morgan fingerprint density at radius 2 is 1.81 bits per heavy atom. The Hall–Kier alpha value is -2.67. The van der Waals surface area contributed by atoms with E-state index in [9.17, 15) is 26.7 Å². The van der Waals surface area contributed by atoms with Gasteiger partial charge in [0.25, 0.3) is 0 Å². The second-order valence-electron chi connectivity index (χ2n) is 4.90. The number of amides is 1. The van der Waals surface area contributed by atoms with E-state index < -0.39 is 41.5 Å². The largest absolute Gasteiger partial charge is 0.450 e.